The maximum absolute atomic E-state index is 13.5. The number of alkyl halides is 3. The second kappa shape index (κ2) is 4.01. The highest BCUT2D eigenvalue weighted by Crippen LogP contribution is 2.33. The van der Waals surface area contributed by atoms with Gasteiger partial charge >= 0.3 is 6.18 Å². The van der Waals surface area contributed by atoms with Gasteiger partial charge in [-0.15, -0.1) is 0 Å². The van der Waals surface area contributed by atoms with Gasteiger partial charge in [-0.05, 0) is 18.2 Å². The molecule has 18 heavy (non-hydrogen) atoms. The first-order valence-corrected chi connectivity index (χ1v) is 4.83. The predicted molar refractivity (Wildman–Crippen MR) is 53.5 cm³/mol. The zero-order valence-corrected chi connectivity index (χ0v) is 8.84. The lowest BCUT2D eigenvalue weighted by Gasteiger charge is -2.09. The number of ether oxygens (including phenoxy) is 1. The van der Waals surface area contributed by atoms with E-state index in [1.165, 1.54) is 0 Å². The van der Waals surface area contributed by atoms with Gasteiger partial charge in [0.2, 0.25) is 5.78 Å². The Morgan fingerprint density at radius 3 is 2.44 bits per heavy atom. The highest BCUT2D eigenvalue weighted by Gasteiger charge is 2.33. The number of carbonyl (C=O) groups is 1. The summed E-state index contributed by atoms with van der Waals surface area (Å²) in [6, 6.07) is 1.78. The maximum Gasteiger partial charge on any atom is 0.416 e. The molecule has 0 amide bonds. The molecule has 0 unspecified atom stereocenters. The minimum atomic E-state index is -4.62. The van der Waals surface area contributed by atoms with Crippen LogP contribution in [-0.2, 0) is 15.7 Å². The van der Waals surface area contributed by atoms with Crippen molar-refractivity contribution in [3.8, 4) is 0 Å². The molecule has 0 spiro atoms. The van der Waals surface area contributed by atoms with Crippen molar-refractivity contribution in [3.05, 3.63) is 41.0 Å². The van der Waals surface area contributed by atoms with Crippen molar-refractivity contribution in [2.24, 2.45) is 5.73 Å². The van der Waals surface area contributed by atoms with Crippen LogP contribution in [0.3, 0.4) is 0 Å². The van der Waals surface area contributed by atoms with E-state index in [4.69, 9.17) is 5.73 Å². The summed E-state index contributed by atoms with van der Waals surface area (Å²) >= 11 is 0. The Morgan fingerprint density at radius 1 is 1.28 bits per heavy atom. The van der Waals surface area contributed by atoms with Gasteiger partial charge in [0, 0.05) is 5.56 Å². The van der Waals surface area contributed by atoms with Crippen molar-refractivity contribution in [1.29, 1.82) is 0 Å². The van der Waals surface area contributed by atoms with Crippen molar-refractivity contribution in [2.75, 3.05) is 6.61 Å². The third-order valence-electron chi connectivity index (χ3n) is 2.45. The Labute approximate surface area is 98.8 Å². The number of benzene rings is 1. The van der Waals surface area contributed by atoms with Crippen LogP contribution < -0.4 is 5.73 Å². The van der Waals surface area contributed by atoms with Gasteiger partial charge in [-0.1, -0.05) is 0 Å². The van der Waals surface area contributed by atoms with Crippen LogP contribution in [0.4, 0.5) is 17.6 Å². The highest BCUT2D eigenvalue weighted by molar-refractivity contribution is 6.23. The van der Waals surface area contributed by atoms with Gasteiger partial charge in [0.15, 0.2) is 12.5 Å². The molecule has 3 nitrogen and oxygen atoms in total. The molecule has 0 fully saturated rings. The van der Waals surface area contributed by atoms with E-state index in [-0.39, 0.29) is 11.5 Å². The first-order chi connectivity index (χ1) is 8.30. The fraction of sp³-hybridized carbons (Fsp3) is 0.182. The average molecular weight is 261 g/mol. The van der Waals surface area contributed by atoms with Crippen molar-refractivity contribution < 1.29 is 27.1 Å². The van der Waals surface area contributed by atoms with Gasteiger partial charge < -0.3 is 10.5 Å². The molecular formula is C11H7F4NO2. The summed E-state index contributed by atoms with van der Waals surface area (Å²) in [5.41, 5.74) is 3.42. The zero-order valence-electron chi connectivity index (χ0n) is 8.84. The third kappa shape index (κ3) is 2.03. The average Bonchev–Trinajstić information content (AvgIpc) is 2.58. The van der Waals surface area contributed by atoms with Crippen LogP contribution in [0, 0.1) is 5.82 Å². The molecule has 0 bridgehead atoms. The molecule has 1 heterocycles. The summed E-state index contributed by atoms with van der Waals surface area (Å²) in [5, 5.41) is 0. The molecule has 0 aromatic heterocycles. The third-order valence-corrected chi connectivity index (χ3v) is 2.45. The van der Waals surface area contributed by atoms with E-state index in [2.05, 4.69) is 4.74 Å². The Hall–Kier alpha value is -2.05. The number of ketones is 1. The number of carbonyl (C=O) groups excluding carboxylic acids is 1. The molecule has 0 saturated heterocycles. The van der Waals surface area contributed by atoms with Crippen LogP contribution >= 0.6 is 0 Å². The Kier molecular flexibility index (Phi) is 2.76. The van der Waals surface area contributed by atoms with Crippen LogP contribution in [0.1, 0.15) is 11.1 Å². The lowest BCUT2D eigenvalue weighted by molar-refractivity contribution is -0.137. The van der Waals surface area contributed by atoms with E-state index in [9.17, 15) is 22.4 Å². The molecule has 2 N–H and O–H groups in total. The molecule has 7 heteroatoms. The normalized spacial score (nSPS) is 16.1. The van der Waals surface area contributed by atoms with Crippen LogP contribution in [0.5, 0.6) is 0 Å². The van der Waals surface area contributed by atoms with Gasteiger partial charge in [-0.25, -0.2) is 4.39 Å². The largest absolute Gasteiger partial charge is 0.470 e. The molecule has 0 saturated carbocycles. The minimum absolute atomic E-state index is 0.349. The topological polar surface area (TPSA) is 52.3 Å². The summed E-state index contributed by atoms with van der Waals surface area (Å²) in [5.74, 6) is -1.97. The molecule has 2 rings (SSSR count). The molecule has 1 aliphatic rings. The van der Waals surface area contributed by atoms with Crippen molar-refractivity contribution in [2.45, 2.75) is 6.18 Å². The maximum atomic E-state index is 13.5. The summed E-state index contributed by atoms with van der Waals surface area (Å²) in [4.78, 5) is 11.4. The summed E-state index contributed by atoms with van der Waals surface area (Å²) in [6.45, 7) is -0.392. The van der Waals surface area contributed by atoms with Gasteiger partial charge in [-0.2, -0.15) is 13.2 Å². The number of Topliss-reactive ketones (excluding diaryl/α,β-unsaturated/α-hetero) is 1. The van der Waals surface area contributed by atoms with Gasteiger partial charge in [0.05, 0.1) is 11.1 Å². The van der Waals surface area contributed by atoms with Crippen molar-refractivity contribution in [1.82, 2.24) is 0 Å². The molecule has 0 atom stereocenters. The molecule has 0 radical (unpaired) electrons. The Bertz CT molecular complexity index is 548. The molecule has 1 aromatic carbocycles. The number of hydrogen-bond acceptors (Lipinski definition) is 3. The number of halogens is 4. The summed E-state index contributed by atoms with van der Waals surface area (Å²) in [6.07, 6.45) is -4.62. The van der Waals surface area contributed by atoms with Crippen molar-refractivity contribution in [3.63, 3.8) is 0 Å². The van der Waals surface area contributed by atoms with Gasteiger partial charge in [-0.3, -0.25) is 4.79 Å². The summed E-state index contributed by atoms with van der Waals surface area (Å²) in [7, 11) is 0. The van der Waals surface area contributed by atoms with E-state index < -0.39 is 35.5 Å². The minimum Gasteiger partial charge on any atom is -0.470 e. The number of hydrogen-bond donors (Lipinski definition) is 1. The van der Waals surface area contributed by atoms with Gasteiger partial charge in [0.1, 0.15) is 5.82 Å². The zero-order chi connectivity index (χ0) is 13.5. The Morgan fingerprint density at radius 2 is 1.94 bits per heavy atom. The fourth-order valence-electron chi connectivity index (χ4n) is 1.60. The van der Waals surface area contributed by atoms with Crippen LogP contribution in [0.15, 0.2) is 24.1 Å². The van der Waals surface area contributed by atoms with E-state index in [1.54, 1.807) is 0 Å². The molecular weight excluding hydrogens is 254 g/mol. The number of rotatable bonds is 1. The number of nitrogens with two attached hydrogens (primary N) is 1. The molecule has 96 valence electrons. The molecule has 1 aromatic rings. The van der Waals surface area contributed by atoms with Crippen LogP contribution in [0.2, 0.25) is 0 Å². The van der Waals surface area contributed by atoms with Crippen LogP contribution in [-0.4, -0.2) is 12.4 Å². The first-order valence-electron chi connectivity index (χ1n) is 4.83. The quantitative estimate of drug-likeness (QED) is 0.787. The first kappa shape index (κ1) is 12.4. The van der Waals surface area contributed by atoms with E-state index in [1.807, 2.05) is 0 Å². The second-order valence-corrected chi connectivity index (χ2v) is 3.64. The van der Waals surface area contributed by atoms with E-state index >= 15 is 0 Å². The standard InChI is InChI=1S/C11H7F4NO2/c12-7-2-1-5(11(13,14)15)3-6(7)9-8(17)4-18-10(9)16/h1-3H,4,16H2. The Balaban J connectivity index is 2.58. The van der Waals surface area contributed by atoms with Gasteiger partial charge in [0.25, 0.3) is 0 Å². The lowest BCUT2D eigenvalue weighted by Crippen LogP contribution is -2.09. The van der Waals surface area contributed by atoms with Crippen LogP contribution in [0.25, 0.3) is 5.57 Å². The monoisotopic (exact) mass is 261 g/mol. The highest BCUT2D eigenvalue weighted by atomic mass is 19.4. The fourth-order valence-corrected chi connectivity index (χ4v) is 1.60. The SMILES string of the molecule is NC1=C(c2cc(C(F)(F)F)ccc2F)C(=O)CO1. The van der Waals surface area contributed by atoms with E-state index in [0.29, 0.717) is 18.2 Å². The second-order valence-electron chi connectivity index (χ2n) is 3.64. The lowest BCUT2D eigenvalue weighted by atomic mass is 10.0. The predicted octanol–water partition coefficient (Wildman–Crippen LogP) is 2.07. The molecule has 0 aliphatic carbocycles. The van der Waals surface area contributed by atoms with Crippen molar-refractivity contribution >= 4 is 11.4 Å². The smallest absolute Gasteiger partial charge is 0.416 e. The molecule has 1 aliphatic heterocycles. The summed E-state index contributed by atoms with van der Waals surface area (Å²) < 4.78 is 55.6. The van der Waals surface area contributed by atoms with E-state index in [0.717, 1.165) is 0 Å².